The van der Waals surface area contributed by atoms with E-state index in [1.165, 1.54) is 12.4 Å². The average molecular weight is 302 g/mol. The van der Waals surface area contributed by atoms with Gasteiger partial charge in [0.15, 0.2) is 0 Å². The highest BCUT2D eigenvalue weighted by atomic mass is 32.2. The second-order valence-corrected chi connectivity index (χ2v) is 7.74. The Morgan fingerprint density at radius 2 is 1.95 bits per heavy atom. The van der Waals surface area contributed by atoms with Crippen LogP contribution in [0.5, 0.6) is 0 Å². The van der Waals surface area contributed by atoms with Crippen LogP contribution in [0.25, 0.3) is 0 Å². The number of thioether (sulfide) groups is 1. The number of sulfonamides is 1. The van der Waals surface area contributed by atoms with E-state index in [-0.39, 0.29) is 15.6 Å². The minimum absolute atomic E-state index is 0.0295. The van der Waals surface area contributed by atoms with Gasteiger partial charge in [0.05, 0.1) is 12.4 Å². The summed E-state index contributed by atoms with van der Waals surface area (Å²) in [7, 11) is -3.56. The fraction of sp³-hybridized carbons (Fsp3) is 0.636. The second-order valence-electron chi connectivity index (χ2n) is 4.70. The Morgan fingerprint density at radius 3 is 2.47 bits per heavy atom. The Hall–Kier alpha value is -0.860. The topological polar surface area (TPSA) is 98.0 Å². The molecule has 0 spiro atoms. The predicted molar refractivity (Wildman–Crippen MR) is 76.3 cm³/mol. The van der Waals surface area contributed by atoms with Crippen molar-refractivity contribution in [1.29, 1.82) is 0 Å². The van der Waals surface area contributed by atoms with E-state index in [2.05, 4.69) is 14.7 Å². The van der Waals surface area contributed by atoms with Crippen molar-refractivity contribution in [2.45, 2.75) is 35.3 Å². The molecule has 6 nitrogen and oxygen atoms in total. The molecular weight excluding hydrogens is 284 g/mol. The van der Waals surface area contributed by atoms with Gasteiger partial charge in [0.2, 0.25) is 16.0 Å². The molecule has 1 aliphatic rings. The van der Waals surface area contributed by atoms with Crippen LogP contribution < -0.4 is 10.5 Å². The standard InChI is InChI=1S/C11H18N4O2S2/c1-18-11(4-2-3-5-11)8-15-19(16,17)9-6-13-10(12)14-7-9/h6-7,15H,2-5,8H2,1H3,(H2,12,13,14). The lowest BCUT2D eigenvalue weighted by atomic mass is 10.1. The quantitative estimate of drug-likeness (QED) is 0.842. The second kappa shape index (κ2) is 5.64. The van der Waals surface area contributed by atoms with Crippen LogP contribution >= 0.6 is 11.8 Å². The number of nitrogens with zero attached hydrogens (tertiary/aromatic N) is 2. The average Bonchev–Trinajstić information content (AvgIpc) is 2.87. The van der Waals surface area contributed by atoms with Gasteiger partial charge in [0.25, 0.3) is 0 Å². The van der Waals surface area contributed by atoms with Gasteiger partial charge in [-0.25, -0.2) is 23.1 Å². The van der Waals surface area contributed by atoms with Gasteiger partial charge in [-0.15, -0.1) is 0 Å². The SMILES string of the molecule is CSC1(CNS(=O)(=O)c2cnc(N)nc2)CCCC1. The van der Waals surface area contributed by atoms with E-state index in [1.807, 2.05) is 6.26 Å². The molecule has 1 aromatic rings. The number of nitrogens with one attached hydrogen (secondary N) is 1. The third kappa shape index (κ3) is 3.37. The third-order valence-corrected chi connectivity index (χ3v) is 6.26. The minimum Gasteiger partial charge on any atom is -0.368 e. The fourth-order valence-corrected chi connectivity index (χ4v) is 4.27. The summed E-state index contributed by atoms with van der Waals surface area (Å²) in [4.78, 5) is 7.46. The van der Waals surface area contributed by atoms with E-state index in [0.29, 0.717) is 6.54 Å². The van der Waals surface area contributed by atoms with Gasteiger partial charge in [-0.3, -0.25) is 0 Å². The number of hydrogen-bond acceptors (Lipinski definition) is 6. The third-order valence-electron chi connectivity index (χ3n) is 3.49. The summed E-state index contributed by atoms with van der Waals surface area (Å²) in [6.07, 6.45) is 8.91. The lowest BCUT2D eigenvalue weighted by molar-refractivity contribution is 0.550. The first-order valence-corrected chi connectivity index (χ1v) is 8.81. The van der Waals surface area contributed by atoms with Crippen molar-refractivity contribution in [2.75, 3.05) is 18.5 Å². The van der Waals surface area contributed by atoms with Gasteiger partial charge < -0.3 is 5.73 Å². The fourth-order valence-electron chi connectivity index (χ4n) is 2.25. The lowest BCUT2D eigenvalue weighted by Crippen LogP contribution is -2.38. The molecule has 106 valence electrons. The van der Waals surface area contributed by atoms with Crippen molar-refractivity contribution in [1.82, 2.24) is 14.7 Å². The first-order valence-electron chi connectivity index (χ1n) is 6.10. The van der Waals surface area contributed by atoms with Crippen LogP contribution in [0.2, 0.25) is 0 Å². The first-order chi connectivity index (χ1) is 8.97. The van der Waals surface area contributed by atoms with Crippen LogP contribution in [0.15, 0.2) is 17.3 Å². The van der Waals surface area contributed by atoms with Crippen molar-refractivity contribution >= 4 is 27.7 Å². The highest BCUT2D eigenvalue weighted by Gasteiger charge is 2.34. The maximum atomic E-state index is 12.1. The maximum Gasteiger partial charge on any atom is 0.243 e. The number of nitrogens with two attached hydrogens (primary N) is 1. The summed E-state index contributed by atoms with van der Waals surface area (Å²) in [6.45, 7) is 0.445. The van der Waals surface area contributed by atoms with Crippen molar-refractivity contribution in [3.8, 4) is 0 Å². The molecule has 2 rings (SSSR count). The number of anilines is 1. The summed E-state index contributed by atoms with van der Waals surface area (Å²) < 4.78 is 26.9. The summed E-state index contributed by atoms with van der Waals surface area (Å²) in [5.74, 6) is 0.0651. The monoisotopic (exact) mass is 302 g/mol. The van der Waals surface area contributed by atoms with E-state index in [0.717, 1.165) is 25.7 Å². The summed E-state index contributed by atoms with van der Waals surface area (Å²) in [5.41, 5.74) is 5.35. The van der Waals surface area contributed by atoms with Gasteiger partial charge in [0, 0.05) is 11.3 Å². The highest BCUT2D eigenvalue weighted by molar-refractivity contribution is 8.00. The van der Waals surface area contributed by atoms with Crippen LogP contribution in [0.1, 0.15) is 25.7 Å². The van der Waals surface area contributed by atoms with Gasteiger partial charge in [-0.05, 0) is 19.1 Å². The van der Waals surface area contributed by atoms with E-state index in [4.69, 9.17) is 5.73 Å². The zero-order chi connectivity index (χ0) is 13.9. The molecule has 0 unspecified atom stereocenters. The van der Waals surface area contributed by atoms with E-state index >= 15 is 0 Å². The summed E-state index contributed by atoms with van der Waals surface area (Å²) in [6, 6.07) is 0. The molecule has 0 amide bonds. The molecule has 0 bridgehead atoms. The van der Waals surface area contributed by atoms with Gasteiger partial charge in [-0.1, -0.05) is 12.8 Å². The largest absolute Gasteiger partial charge is 0.368 e. The van der Waals surface area contributed by atoms with E-state index in [1.54, 1.807) is 11.8 Å². The smallest absolute Gasteiger partial charge is 0.243 e. The highest BCUT2D eigenvalue weighted by Crippen LogP contribution is 2.39. The molecule has 1 fully saturated rings. The molecular formula is C11H18N4O2S2. The minimum atomic E-state index is -3.56. The molecule has 1 aliphatic carbocycles. The molecule has 0 saturated heterocycles. The molecule has 1 saturated carbocycles. The molecule has 1 heterocycles. The Bertz CT molecular complexity index is 524. The van der Waals surface area contributed by atoms with Crippen molar-refractivity contribution < 1.29 is 8.42 Å². The number of aromatic nitrogens is 2. The number of nitrogen functional groups attached to an aromatic ring is 1. The van der Waals surface area contributed by atoms with Crippen LogP contribution in [-0.4, -0.2) is 35.9 Å². The van der Waals surface area contributed by atoms with Gasteiger partial charge in [0.1, 0.15) is 4.90 Å². The Labute approximate surface area is 117 Å². The van der Waals surface area contributed by atoms with Crippen LogP contribution in [-0.2, 0) is 10.0 Å². The number of rotatable bonds is 5. The molecule has 0 radical (unpaired) electrons. The Balaban J connectivity index is 2.07. The van der Waals surface area contributed by atoms with Crippen LogP contribution in [0, 0.1) is 0 Å². The Kier molecular flexibility index (Phi) is 4.32. The molecule has 0 atom stereocenters. The van der Waals surface area contributed by atoms with Crippen LogP contribution in [0.3, 0.4) is 0 Å². The van der Waals surface area contributed by atoms with Gasteiger partial charge in [-0.2, -0.15) is 11.8 Å². The normalized spacial score (nSPS) is 18.6. The van der Waals surface area contributed by atoms with E-state index in [9.17, 15) is 8.42 Å². The summed E-state index contributed by atoms with van der Waals surface area (Å²) in [5, 5.41) is 0. The zero-order valence-corrected chi connectivity index (χ0v) is 12.4. The lowest BCUT2D eigenvalue weighted by Gasteiger charge is -2.26. The van der Waals surface area contributed by atoms with Crippen molar-refractivity contribution in [2.24, 2.45) is 0 Å². The summed E-state index contributed by atoms with van der Waals surface area (Å²) >= 11 is 1.74. The predicted octanol–water partition coefficient (Wildman–Crippen LogP) is 1.01. The molecule has 1 aromatic heterocycles. The first kappa shape index (κ1) is 14.5. The van der Waals surface area contributed by atoms with Gasteiger partial charge >= 0.3 is 0 Å². The maximum absolute atomic E-state index is 12.1. The molecule has 0 aromatic carbocycles. The molecule has 19 heavy (non-hydrogen) atoms. The van der Waals surface area contributed by atoms with E-state index < -0.39 is 10.0 Å². The number of hydrogen-bond donors (Lipinski definition) is 2. The van der Waals surface area contributed by atoms with Crippen molar-refractivity contribution in [3.63, 3.8) is 0 Å². The van der Waals surface area contributed by atoms with Crippen molar-refractivity contribution in [3.05, 3.63) is 12.4 Å². The van der Waals surface area contributed by atoms with Crippen LogP contribution in [0.4, 0.5) is 5.95 Å². The molecule has 8 heteroatoms. The zero-order valence-electron chi connectivity index (χ0n) is 10.8. The molecule has 3 N–H and O–H groups in total. The Morgan fingerprint density at radius 1 is 1.37 bits per heavy atom. The molecule has 0 aliphatic heterocycles.